The van der Waals surface area contributed by atoms with Crippen molar-refractivity contribution in [1.82, 2.24) is 5.32 Å². The molecule has 0 saturated carbocycles. The van der Waals surface area contributed by atoms with Crippen molar-refractivity contribution < 1.29 is 9.53 Å². The minimum Gasteiger partial charge on any atom is -0.398 e. The highest BCUT2D eigenvalue weighted by Gasteiger charge is 2.14. The Kier molecular flexibility index (Phi) is 5.22. The van der Waals surface area contributed by atoms with Gasteiger partial charge < -0.3 is 15.8 Å². The van der Waals surface area contributed by atoms with Gasteiger partial charge in [-0.1, -0.05) is 15.9 Å². The van der Waals surface area contributed by atoms with Gasteiger partial charge in [0.15, 0.2) is 0 Å². The van der Waals surface area contributed by atoms with Crippen LogP contribution in [0.3, 0.4) is 0 Å². The lowest BCUT2D eigenvalue weighted by molar-refractivity contribution is 0.0636. The van der Waals surface area contributed by atoms with E-state index in [1.165, 1.54) is 0 Å². The van der Waals surface area contributed by atoms with Gasteiger partial charge >= 0.3 is 0 Å². The van der Waals surface area contributed by atoms with E-state index in [2.05, 4.69) is 21.2 Å². The molecule has 0 unspecified atom stereocenters. The molecule has 1 aliphatic rings. The van der Waals surface area contributed by atoms with Crippen molar-refractivity contribution in [3.05, 3.63) is 28.2 Å². The van der Waals surface area contributed by atoms with Crippen molar-refractivity contribution in [2.45, 2.75) is 19.3 Å². The second-order valence-corrected chi connectivity index (χ2v) is 5.75. The fraction of sp³-hybridized carbons (Fsp3) is 0.500. The van der Waals surface area contributed by atoms with E-state index in [-0.39, 0.29) is 5.91 Å². The van der Waals surface area contributed by atoms with Gasteiger partial charge in [-0.2, -0.15) is 0 Å². The van der Waals surface area contributed by atoms with Crippen LogP contribution in [0.5, 0.6) is 0 Å². The molecule has 2 rings (SSSR count). The second-order valence-electron chi connectivity index (χ2n) is 4.83. The number of nitrogen functional groups attached to an aromatic ring is 1. The van der Waals surface area contributed by atoms with Gasteiger partial charge in [0.2, 0.25) is 0 Å². The Morgan fingerprint density at radius 3 is 2.84 bits per heavy atom. The number of nitrogens with one attached hydrogen (secondary N) is 1. The van der Waals surface area contributed by atoms with Gasteiger partial charge in [0, 0.05) is 29.9 Å². The molecule has 19 heavy (non-hydrogen) atoms. The number of ether oxygens (including phenoxy) is 1. The Labute approximate surface area is 121 Å². The van der Waals surface area contributed by atoms with E-state index < -0.39 is 0 Å². The monoisotopic (exact) mass is 326 g/mol. The Hall–Kier alpha value is -1.07. The Morgan fingerprint density at radius 1 is 1.42 bits per heavy atom. The lowest BCUT2D eigenvalue weighted by Crippen LogP contribution is -2.28. The Morgan fingerprint density at radius 2 is 2.16 bits per heavy atom. The SMILES string of the molecule is Nc1cc(Br)ccc1C(=O)NCCC1CCOCC1. The number of rotatable bonds is 4. The molecule has 3 N–H and O–H groups in total. The molecule has 1 saturated heterocycles. The largest absolute Gasteiger partial charge is 0.398 e. The third-order valence-electron chi connectivity index (χ3n) is 3.44. The van der Waals surface area contributed by atoms with Crippen molar-refractivity contribution in [3.8, 4) is 0 Å². The van der Waals surface area contributed by atoms with Gasteiger partial charge in [-0.3, -0.25) is 4.79 Å². The first-order chi connectivity index (χ1) is 9.16. The maximum Gasteiger partial charge on any atom is 0.253 e. The third-order valence-corrected chi connectivity index (χ3v) is 3.93. The first kappa shape index (κ1) is 14.3. The van der Waals surface area contributed by atoms with E-state index in [1.807, 2.05) is 6.07 Å². The Balaban J connectivity index is 1.80. The maximum atomic E-state index is 12.0. The predicted molar refractivity (Wildman–Crippen MR) is 79.0 cm³/mol. The fourth-order valence-electron chi connectivity index (χ4n) is 2.26. The van der Waals surface area contributed by atoms with Crippen LogP contribution >= 0.6 is 15.9 Å². The molecule has 4 nitrogen and oxygen atoms in total. The maximum absolute atomic E-state index is 12.0. The van der Waals surface area contributed by atoms with E-state index in [0.717, 1.165) is 36.9 Å². The van der Waals surface area contributed by atoms with Crippen LogP contribution in [0.2, 0.25) is 0 Å². The number of benzene rings is 1. The molecule has 1 heterocycles. The number of nitrogens with two attached hydrogens (primary N) is 1. The number of halogens is 1. The van der Waals surface area contributed by atoms with E-state index in [9.17, 15) is 4.79 Å². The first-order valence-electron chi connectivity index (χ1n) is 6.58. The summed E-state index contributed by atoms with van der Waals surface area (Å²) >= 11 is 3.33. The van der Waals surface area contributed by atoms with Crippen LogP contribution in [0.25, 0.3) is 0 Å². The average Bonchev–Trinajstić information content (AvgIpc) is 2.39. The zero-order valence-electron chi connectivity index (χ0n) is 10.8. The summed E-state index contributed by atoms with van der Waals surface area (Å²) in [6, 6.07) is 5.31. The zero-order valence-corrected chi connectivity index (χ0v) is 12.4. The number of anilines is 1. The van der Waals surface area contributed by atoms with E-state index in [1.54, 1.807) is 12.1 Å². The quantitative estimate of drug-likeness (QED) is 0.836. The normalized spacial score (nSPS) is 16.3. The summed E-state index contributed by atoms with van der Waals surface area (Å²) in [5.41, 5.74) is 6.86. The van der Waals surface area contributed by atoms with Gasteiger partial charge in [-0.15, -0.1) is 0 Å². The summed E-state index contributed by atoms with van der Waals surface area (Å²) in [6.45, 7) is 2.38. The van der Waals surface area contributed by atoms with Gasteiger partial charge in [-0.25, -0.2) is 0 Å². The third kappa shape index (κ3) is 4.21. The van der Waals surface area contributed by atoms with Gasteiger partial charge in [0.1, 0.15) is 0 Å². The molecule has 1 aromatic rings. The van der Waals surface area contributed by atoms with Crippen LogP contribution < -0.4 is 11.1 Å². The summed E-state index contributed by atoms with van der Waals surface area (Å²) in [6.07, 6.45) is 3.19. The van der Waals surface area contributed by atoms with Crippen molar-refractivity contribution in [2.75, 3.05) is 25.5 Å². The zero-order chi connectivity index (χ0) is 13.7. The van der Waals surface area contributed by atoms with Crippen LogP contribution in [0.1, 0.15) is 29.6 Å². The molecule has 0 aromatic heterocycles. The molecule has 1 aliphatic heterocycles. The molecule has 0 bridgehead atoms. The summed E-state index contributed by atoms with van der Waals surface area (Å²) in [5.74, 6) is 0.563. The number of carbonyl (C=O) groups excluding carboxylic acids is 1. The summed E-state index contributed by atoms with van der Waals surface area (Å²) < 4.78 is 6.19. The number of carbonyl (C=O) groups is 1. The van der Waals surface area contributed by atoms with Crippen LogP contribution in [0.4, 0.5) is 5.69 Å². The van der Waals surface area contributed by atoms with E-state index in [0.29, 0.717) is 23.7 Å². The van der Waals surface area contributed by atoms with Gasteiger partial charge in [0.25, 0.3) is 5.91 Å². The number of amides is 1. The smallest absolute Gasteiger partial charge is 0.253 e. The van der Waals surface area contributed by atoms with Crippen LogP contribution in [-0.4, -0.2) is 25.7 Å². The standard InChI is InChI=1S/C14H19BrN2O2/c15-11-1-2-12(13(16)9-11)14(18)17-6-3-10-4-7-19-8-5-10/h1-2,9-10H,3-8,16H2,(H,17,18). The van der Waals surface area contributed by atoms with Crippen molar-refractivity contribution >= 4 is 27.5 Å². The molecule has 0 aliphatic carbocycles. The average molecular weight is 327 g/mol. The molecule has 5 heteroatoms. The summed E-state index contributed by atoms with van der Waals surface area (Å²) in [4.78, 5) is 12.0. The lowest BCUT2D eigenvalue weighted by Gasteiger charge is -2.21. The Bertz CT molecular complexity index is 445. The lowest BCUT2D eigenvalue weighted by atomic mass is 9.96. The second kappa shape index (κ2) is 6.91. The highest BCUT2D eigenvalue weighted by Crippen LogP contribution is 2.19. The van der Waals surface area contributed by atoms with Crippen LogP contribution in [0, 0.1) is 5.92 Å². The van der Waals surface area contributed by atoms with Gasteiger partial charge in [0.05, 0.1) is 5.56 Å². The van der Waals surface area contributed by atoms with Crippen LogP contribution in [-0.2, 0) is 4.74 Å². The topological polar surface area (TPSA) is 64.4 Å². The molecule has 1 fully saturated rings. The summed E-state index contributed by atoms with van der Waals surface area (Å²) in [7, 11) is 0. The highest BCUT2D eigenvalue weighted by molar-refractivity contribution is 9.10. The molecule has 104 valence electrons. The first-order valence-corrected chi connectivity index (χ1v) is 7.37. The molecule has 0 atom stereocenters. The van der Waals surface area contributed by atoms with E-state index in [4.69, 9.17) is 10.5 Å². The summed E-state index contributed by atoms with van der Waals surface area (Å²) in [5, 5.41) is 2.93. The van der Waals surface area contributed by atoms with E-state index >= 15 is 0 Å². The predicted octanol–water partition coefficient (Wildman–Crippen LogP) is 2.58. The molecule has 1 amide bonds. The minimum absolute atomic E-state index is 0.0999. The van der Waals surface area contributed by atoms with Crippen molar-refractivity contribution in [2.24, 2.45) is 5.92 Å². The molecule has 0 spiro atoms. The van der Waals surface area contributed by atoms with Crippen molar-refractivity contribution in [3.63, 3.8) is 0 Å². The molecule has 1 aromatic carbocycles. The van der Waals surface area contributed by atoms with Crippen LogP contribution in [0.15, 0.2) is 22.7 Å². The number of hydrogen-bond donors (Lipinski definition) is 2. The van der Waals surface area contributed by atoms with Crippen molar-refractivity contribution in [1.29, 1.82) is 0 Å². The minimum atomic E-state index is -0.0999. The fourth-order valence-corrected chi connectivity index (χ4v) is 2.64. The molecular weight excluding hydrogens is 308 g/mol. The van der Waals surface area contributed by atoms with Gasteiger partial charge in [-0.05, 0) is 43.4 Å². The molecular formula is C14H19BrN2O2. The molecule has 0 radical (unpaired) electrons. The highest BCUT2D eigenvalue weighted by atomic mass is 79.9. The number of hydrogen-bond acceptors (Lipinski definition) is 3.